The Hall–Kier alpha value is -1.06. The molecule has 0 aliphatic carbocycles. The van der Waals surface area contributed by atoms with Gasteiger partial charge in [-0.3, -0.25) is 0 Å². The Bertz CT molecular complexity index is 574. The van der Waals surface area contributed by atoms with Gasteiger partial charge in [0.25, 0.3) is 0 Å². The summed E-state index contributed by atoms with van der Waals surface area (Å²) in [6.07, 6.45) is -5.82. The average molecular weight is 321 g/mol. The van der Waals surface area contributed by atoms with Crippen LogP contribution in [0.1, 0.15) is 6.42 Å². The smallest absolute Gasteiger partial charge is 0.390 e. The van der Waals surface area contributed by atoms with Gasteiger partial charge < -0.3 is 5.73 Å². The van der Waals surface area contributed by atoms with Crippen LogP contribution in [-0.4, -0.2) is 21.1 Å². The van der Waals surface area contributed by atoms with E-state index in [2.05, 4.69) is 0 Å². The van der Waals surface area contributed by atoms with Crippen molar-refractivity contribution in [3.05, 3.63) is 23.0 Å². The number of nitrogen functional groups attached to an aromatic ring is 1. The fraction of sp³-hybridized carbons (Fsp3) is 0.333. The molecule has 0 saturated heterocycles. The quantitative estimate of drug-likeness (QED) is 0.660. The van der Waals surface area contributed by atoms with E-state index in [1.165, 1.54) is 0 Å². The summed E-state index contributed by atoms with van der Waals surface area (Å²) in [5.41, 5.74) is 4.71. The molecule has 0 atom stereocenters. The molecule has 108 valence electrons. The number of anilines is 1. The SMILES string of the molecule is Nc1cc(S(=O)(=O)NCCC(F)(F)F)c(Cl)cc1F. The zero-order valence-corrected chi connectivity index (χ0v) is 10.8. The summed E-state index contributed by atoms with van der Waals surface area (Å²) in [7, 11) is -4.28. The summed E-state index contributed by atoms with van der Waals surface area (Å²) < 4.78 is 73.7. The number of nitrogens with two attached hydrogens (primary N) is 1. The Morgan fingerprint density at radius 1 is 1.32 bits per heavy atom. The van der Waals surface area contributed by atoms with E-state index in [1.807, 2.05) is 0 Å². The second-order valence-electron chi connectivity index (χ2n) is 3.57. The van der Waals surface area contributed by atoms with Crippen molar-refractivity contribution in [1.29, 1.82) is 0 Å². The van der Waals surface area contributed by atoms with E-state index in [9.17, 15) is 26.0 Å². The maximum atomic E-state index is 13.0. The Balaban J connectivity index is 2.92. The minimum Gasteiger partial charge on any atom is -0.396 e. The van der Waals surface area contributed by atoms with Gasteiger partial charge in [-0.1, -0.05) is 11.6 Å². The van der Waals surface area contributed by atoms with Crippen LogP contribution in [0.4, 0.5) is 23.2 Å². The van der Waals surface area contributed by atoms with Gasteiger partial charge in [0.2, 0.25) is 10.0 Å². The molecule has 0 spiro atoms. The van der Waals surface area contributed by atoms with Crippen molar-refractivity contribution < 1.29 is 26.0 Å². The van der Waals surface area contributed by atoms with Gasteiger partial charge in [0.1, 0.15) is 10.7 Å². The zero-order valence-electron chi connectivity index (χ0n) is 9.26. The molecule has 0 radical (unpaired) electrons. The molecule has 0 saturated carbocycles. The average Bonchev–Trinajstić information content (AvgIpc) is 2.20. The molecule has 1 rings (SSSR count). The number of halogens is 5. The van der Waals surface area contributed by atoms with E-state index in [-0.39, 0.29) is 0 Å². The summed E-state index contributed by atoms with van der Waals surface area (Å²) in [6, 6.07) is 1.42. The highest BCUT2D eigenvalue weighted by molar-refractivity contribution is 7.89. The van der Waals surface area contributed by atoms with Crippen molar-refractivity contribution in [3.8, 4) is 0 Å². The molecule has 3 N–H and O–H groups in total. The first kappa shape index (κ1) is 16.0. The van der Waals surface area contributed by atoms with E-state index < -0.39 is 50.6 Å². The highest BCUT2D eigenvalue weighted by Gasteiger charge is 2.28. The van der Waals surface area contributed by atoms with E-state index in [4.69, 9.17) is 17.3 Å². The van der Waals surface area contributed by atoms with Gasteiger partial charge in [-0.25, -0.2) is 17.5 Å². The third kappa shape index (κ3) is 4.51. The second kappa shape index (κ2) is 5.51. The number of hydrogen-bond donors (Lipinski definition) is 2. The molecule has 1 aromatic rings. The van der Waals surface area contributed by atoms with Crippen molar-refractivity contribution in [2.24, 2.45) is 0 Å². The third-order valence-corrected chi connectivity index (χ3v) is 3.97. The lowest BCUT2D eigenvalue weighted by Gasteiger charge is -2.10. The van der Waals surface area contributed by atoms with Crippen LogP contribution in [0.25, 0.3) is 0 Å². The number of rotatable bonds is 4. The van der Waals surface area contributed by atoms with Gasteiger partial charge in [0.15, 0.2) is 0 Å². The Kier molecular flexibility index (Phi) is 4.64. The Labute approximate surface area is 111 Å². The predicted molar refractivity (Wildman–Crippen MR) is 61.7 cm³/mol. The fourth-order valence-electron chi connectivity index (χ4n) is 1.16. The van der Waals surface area contributed by atoms with Crippen molar-refractivity contribution >= 4 is 27.3 Å². The third-order valence-electron chi connectivity index (χ3n) is 2.04. The van der Waals surface area contributed by atoms with Crippen molar-refractivity contribution in [1.82, 2.24) is 4.72 Å². The normalized spacial score (nSPS) is 12.7. The molecule has 4 nitrogen and oxygen atoms in total. The molecule has 0 unspecified atom stereocenters. The minimum atomic E-state index is -4.49. The minimum absolute atomic E-state index is 0.466. The maximum Gasteiger partial charge on any atom is 0.390 e. The molecule has 0 aliphatic rings. The van der Waals surface area contributed by atoms with Crippen molar-refractivity contribution in [2.75, 3.05) is 12.3 Å². The summed E-state index contributed by atoms with van der Waals surface area (Å²) in [5, 5.41) is -0.466. The first-order valence-electron chi connectivity index (χ1n) is 4.84. The molecule has 0 heterocycles. The molecule has 0 fully saturated rings. The van der Waals surface area contributed by atoms with Gasteiger partial charge >= 0.3 is 6.18 Å². The molecule has 0 aromatic heterocycles. The van der Waals surface area contributed by atoms with Gasteiger partial charge in [-0.15, -0.1) is 0 Å². The topological polar surface area (TPSA) is 72.2 Å². The molecule has 19 heavy (non-hydrogen) atoms. The number of benzene rings is 1. The van der Waals surface area contributed by atoms with E-state index in [0.717, 1.165) is 6.07 Å². The monoisotopic (exact) mass is 320 g/mol. The van der Waals surface area contributed by atoms with Crippen LogP contribution in [0, 0.1) is 5.82 Å². The van der Waals surface area contributed by atoms with Crippen molar-refractivity contribution in [2.45, 2.75) is 17.5 Å². The van der Waals surface area contributed by atoms with Crippen LogP contribution < -0.4 is 10.5 Å². The molecular weight excluding hydrogens is 312 g/mol. The first-order chi connectivity index (χ1) is 8.53. The molecule has 10 heteroatoms. The number of nitrogens with one attached hydrogen (secondary N) is 1. The maximum absolute atomic E-state index is 13.0. The fourth-order valence-corrected chi connectivity index (χ4v) is 2.73. The number of alkyl halides is 3. The summed E-state index contributed by atoms with van der Waals surface area (Å²) in [4.78, 5) is -0.574. The number of sulfonamides is 1. The van der Waals surface area contributed by atoms with E-state index in [1.54, 1.807) is 4.72 Å². The predicted octanol–water partition coefficient (Wildman–Crippen LogP) is 2.29. The molecule has 0 aliphatic heterocycles. The Morgan fingerprint density at radius 2 is 1.89 bits per heavy atom. The standard InChI is InChI=1S/C9H9ClF4N2O2S/c10-5-3-6(11)7(15)4-8(5)19(17,18)16-2-1-9(12,13)14/h3-4,16H,1-2,15H2. The molecule has 0 bridgehead atoms. The summed E-state index contributed by atoms with van der Waals surface area (Å²) in [5.74, 6) is -0.917. The van der Waals surface area contributed by atoms with Crippen LogP contribution in [-0.2, 0) is 10.0 Å². The van der Waals surface area contributed by atoms with Crippen LogP contribution >= 0.6 is 11.6 Å². The second-order valence-corrected chi connectivity index (χ2v) is 5.71. The lowest BCUT2D eigenvalue weighted by atomic mass is 10.3. The van der Waals surface area contributed by atoms with E-state index >= 15 is 0 Å². The molecular formula is C9H9ClF4N2O2S. The number of hydrogen-bond acceptors (Lipinski definition) is 3. The van der Waals surface area contributed by atoms with Gasteiger partial charge in [0, 0.05) is 6.54 Å². The van der Waals surface area contributed by atoms with Gasteiger partial charge in [0.05, 0.1) is 17.1 Å². The zero-order chi connectivity index (χ0) is 14.8. The van der Waals surface area contributed by atoms with Crippen LogP contribution in [0.5, 0.6) is 0 Å². The van der Waals surface area contributed by atoms with Gasteiger partial charge in [-0.2, -0.15) is 13.2 Å². The van der Waals surface area contributed by atoms with Crippen LogP contribution in [0.15, 0.2) is 17.0 Å². The van der Waals surface area contributed by atoms with E-state index in [0.29, 0.717) is 6.07 Å². The first-order valence-corrected chi connectivity index (χ1v) is 6.70. The summed E-state index contributed by atoms with van der Waals surface area (Å²) in [6.45, 7) is -0.848. The largest absolute Gasteiger partial charge is 0.396 e. The Morgan fingerprint density at radius 3 is 2.42 bits per heavy atom. The van der Waals surface area contributed by atoms with Crippen molar-refractivity contribution in [3.63, 3.8) is 0 Å². The highest BCUT2D eigenvalue weighted by atomic mass is 35.5. The lowest BCUT2D eigenvalue weighted by Crippen LogP contribution is -2.28. The van der Waals surface area contributed by atoms with Gasteiger partial charge in [-0.05, 0) is 12.1 Å². The van der Waals surface area contributed by atoms with Crippen LogP contribution in [0.2, 0.25) is 5.02 Å². The molecule has 1 aromatic carbocycles. The lowest BCUT2D eigenvalue weighted by molar-refractivity contribution is -0.132. The van der Waals surface area contributed by atoms with Crippen LogP contribution in [0.3, 0.4) is 0 Å². The molecule has 0 amide bonds. The highest BCUT2D eigenvalue weighted by Crippen LogP contribution is 2.26. The summed E-state index contributed by atoms with van der Waals surface area (Å²) >= 11 is 5.52.